The van der Waals surface area contributed by atoms with Gasteiger partial charge in [-0.1, -0.05) is 30.3 Å². The van der Waals surface area contributed by atoms with Crippen LogP contribution in [0.1, 0.15) is 26.3 Å². The van der Waals surface area contributed by atoms with E-state index in [1.807, 2.05) is 30.3 Å². The third-order valence-corrected chi connectivity index (χ3v) is 4.22. The zero-order valence-electron chi connectivity index (χ0n) is 11.8. The molecule has 0 fully saturated rings. The Morgan fingerprint density at radius 1 is 1.30 bits per heavy atom. The Kier molecular flexibility index (Phi) is 6.20. The van der Waals surface area contributed by atoms with E-state index in [4.69, 9.17) is 9.26 Å². The Morgan fingerprint density at radius 2 is 1.90 bits per heavy atom. The lowest BCUT2D eigenvalue weighted by Crippen LogP contribution is -2.33. The Labute approximate surface area is 118 Å². The molecule has 0 aliphatic carbocycles. The van der Waals surface area contributed by atoms with Crippen LogP contribution in [0.2, 0.25) is 0 Å². The molecule has 2 N–H and O–H groups in total. The maximum absolute atomic E-state index is 11.8. The predicted molar refractivity (Wildman–Crippen MR) is 75.3 cm³/mol. The number of amides is 1. The summed E-state index contributed by atoms with van der Waals surface area (Å²) in [5.74, 6) is -1.03. The molecule has 1 amide bonds. The number of hydrogen-bond acceptors (Lipinski definition) is 4. The smallest absolute Gasteiger partial charge is 0.408 e. The fraction of sp³-hybridized carbons (Fsp3) is 0.462. The number of ether oxygens (including phenoxy) is 1. The first-order chi connectivity index (χ1) is 9.31. The second kappa shape index (κ2) is 7.43. The molecule has 0 aliphatic heterocycles. The average molecular weight is 301 g/mol. The molecule has 0 saturated carbocycles. The van der Waals surface area contributed by atoms with Crippen LogP contribution in [-0.2, 0) is 20.4 Å². The third kappa shape index (κ3) is 5.74. The van der Waals surface area contributed by atoms with Crippen LogP contribution < -0.4 is 5.32 Å². The molecule has 6 nitrogen and oxygen atoms in total. The molecule has 0 saturated heterocycles. The van der Waals surface area contributed by atoms with Crippen molar-refractivity contribution >= 4 is 13.7 Å². The molecule has 0 aliphatic rings. The van der Waals surface area contributed by atoms with Crippen molar-refractivity contribution < 1.29 is 23.5 Å². The minimum Gasteiger partial charge on any atom is -0.445 e. The van der Waals surface area contributed by atoms with Gasteiger partial charge in [0.1, 0.15) is 12.4 Å². The first kappa shape index (κ1) is 16.7. The normalized spacial score (nSPS) is 15.4. The van der Waals surface area contributed by atoms with Crippen molar-refractivity contribution in [2.75, 3.05) is 0 Å². The van der Waals surface area contributed by atoms with Crippen molar-refractivity contribution in [2.24, 2.45) is 0 Å². The van der Waals surface area contributed by atoms with E-state index < -0.39 is 25.6 Å². The van der Waals surface area contributed by atoms with Gasteiger partial charge >= 0.3 is 13.7 Å². The quantitative estimate of drug-likeness (QED) is 0.789. The lowest BCUT2D eigenvalue weighted by atomic mass is 10.2. The summed E-state index contributed by atoms with van der Waals surface area (Å²) in [6, 6.07) is 9.15. The van der Waals surface area contributed by atoms with E-state index in [9.17, 15) is 14.3 Å². The second-order valence-electron chi connectivity index (χ2n) is 4.60. The first-order valence-electron chi connectivity index (χ1n) is 6.29. The van der Waals surface area contributed by atoms with E-state index in [2.05, 4.69) is 5.32 Å². The van der Waals surface area contributed by atoms with Crippen LogP contribution in [0.5, 0.6) is 0 Å². The number of rotatable bonds is 6. The van der Waals surface area contributed by atoms with E-state index in [1.54, 1.807) is 13.8 Å². The summed E-state index contributed by atoms with van der Waals surface area (Å²) in [4.78, 5) is 21.2. The van der Waals surface area contributed by atoms with Gasteiger partial charge in [0.2, 0.25) is 0 Å². The number of benzene rings is 1. The fourth-order valence-corrected chi connectivity index (χ4v) is 2.47. The summed E-state index contributed by atoms with van der Waals surface area (Å²) < 4.78 is 21.7. The van der Waals surface area contributed by atoms with Gasteiger partial charge < -0.3 is 19.5 Å². The van der Waals surface area contributed by atoms with Gasteiger partial charge in [0.15, 0.2) is 0 Å². The number of carbonyl (C=O) groups is 1. The molecule has 2 atom stereocenters. The molecule has 7 heteroatoms. The first-order valence-corrected chi connectivity index (χ1v) is 7.94. The average Bonchev–Trinajstić information content (AvgIpc) is 2.36. The van der Waals surface area contributed by atoms with Crippen LogP contribution >= 0.6 is 7.60 Å². The molecular formula is C13H20NO5P. The van der Waals surface area contributed by atoms with Crippen LogP contribution in [0, 0.1) is 0 Å². The molecular weight excluding hydrogens is 281 g/mol. The molecule has 0 radical (unpaired) electrons. The molecule has 0 bridgehead atoms. The third-order valence-electron chi connectivity index (χ3n) is 2.39. The highest BCUT2D eigenvalue weighted by Gasteiger charge is 2.31. The Bertz CT molecular complexity index is 477. The Morgan fingerprint density at radius 3 is 2.45 bits per heavy atom. The molecule has 1 rings (SSSR count). The summed E-state index contributed by atoms with van der Waals surface area (Å²) in [6.45, 7) is 4.78. The standard InChI is InChI=1S/C13H20NO5P/c1-10(2)19-20(16,17)11(3)14-13(15)18-9-12-7-5-4-6-8-12/h4-8,10-11H,9H2,1-3H3,(H,14,15)(H,16,17). The second-order valence-corrected chi connectivity index (χ2v) is 6.71. The highest BCUT2D eigenvalue weighted by molar-refractivity contribution is 7.53. The monoisotopic (exact) mass is 301 g/mol. The lowest BCUT2D eigenvalue weighted by Gasteiger charge is -2.21. The zero-order valence-corrected chi connectivity index (χ0v) is 12.7. The largest absolute Gasteiger partial charge is 0.445 e. The van der Waals surface area contributed by atoms with E-state index in [0.717, 1.165) is 5.56 Å². The number of nitrogens with one attached hydrogen (secondary N) is 1. The number of carbonyl (C=O) groups excluding carboxylic acids is 1. The summed E-state index contributed by atoms with van der Waals surface area (Å²) in [5.41, 5.74) is 0.834. The van der Waals surface area contributed by atoms with Gasteiger partial charge in [-0.05, 0) is 26.3 Å². The van der Waals surface area contributed by atoms with Gasteiger partial charge in [-0.2, -0.15) is 0 Å². The van der Waals surface area contributed by atoms with Gasteiger partial charge in [0, 0.05) is 0 Å². The molecule has 0 aromatic heterocycles. The van der Waals surface area contributed by atoms with Crippen molar-refractivity contribution in [2.45, 2.75) is 39.3 Å². The van der Waals surface area contributed by atoms with Crippen molar-refractivity contribution in [1.29, 1.82) is 0 Å². The molecule has 1 aromatic carbocycles. The molecule has 112 valence electrons. The lowest BCUT2D eigenvalue weighted by molar-refractivity contribution is 0.135. The molecule has 0 heterocycles. The van der Waals surface area contributed by atoms with Gasteiger partial charge in [-0.3, -0.25) is 4.57 Å². The summed E-state index contributed by atoms with van der Waals surface area (Å²) in [5, 5.41) is 2.30. The SMILES string of the molecule is CC(C)OP(=O)(O)C(C)NC(=O)OCc1ccccc1. The summed E-state index contributed by atoms with van der Waals surface area (Å²) in [6.07, 6.45) is -1.17. The van der Waals surface area contributed by atoms with Crippen LogP contribution in [0.3, 0.4) is 0 Å². The number of alkyl carbamates (subject to hydrolysis) is 1. The summed E-state index contributed by atoms with van der Waals surface area (Å²) >= 11 is 0. The van der Waals surface area contributed by atoms with Gasteiger partial charge in [0.05, 0.1) is 6.10 Å². The van der Waals surface area contributed by atoms with Crippen molar-refractivity contribution in [3.8, 4) is 0 Å². The van der Waals surface area contributed by atoms with Gasteiger partial charge in [0.25, 0.3) is 0 Å². The van der Waals surface area contributed by atoms with Crippen LogP contribution in [0.15, 0.2) is 30.3 Å². The maximum Gasteiger partial charge on any atom is 0.408 e. The molecule has 2 unspecified atom stereocenters. The van der Waals surface area contributed by atoms with Crippen molar-refractivity contribution in [1.82, 2.24) is 5.32 Å². The minimum atomic E-state index is -3.90. The topological polar surface area (TPSA) is 84.9 Å². The highest BCUT2D eigenvalue weighted by atomic mass is 31.2. The van der Waals surface area contributed by atoms with Crippen LogP contribution in [0.25, 0.3) is 0 Å². The van der Waals surface area contributed by atoms with E-state index in [-0.39, 0.29) is 6.61 Å². The van der Waals surface area contributed by atoms with Crippen molar-refractivity contribution in [3.63, 3.8) is 0 Å². The van der Waals surface area contributed by atoms with Gasteiger partial charge in [-0.25, -0.2) is 4.79 Å². The zero-order chi connectivity index (χ0) is 15.2. The Hall–Kier alpha value is -1.36. The number of hydrogen-bond donors (Lipinski definition) is 2. The van der Waals surface area contributed by atoms with E-state index in [1.165, 1.54) is 6.92 Å². The van der Waals surface area contributed by atoms with Crippen LogP contribution in [-0.4, -0.2) is 22.9 Å². The molecule has 20 heavy (non-hydrogen) atoms. The van der Waals surface area contributed by atoms with E-state index >= 15 is 0 Å². The fourth-order valence-electron chi connectivity index (χ4n) is 1.41. The van der Waals surface area contributed by atoms with Crippen molar-refractivity contribution in [3.05, 3.63) is 35.9 Å². The summed E-state index contributed by atoms with van der Waals surface area (Å²) in [7, 11) is -3.90. The molecule has 1 aromatic rings. The minimum absolute atomic E-state index is 0.0974. The highest BCUT2D eigenvalue weighted by Crippen LogP contribution is 2.47. The predicted octanol–water partition coefficient (Wildman–Crippen LogP) is 2.87. The Balaban J connectivity index is 2.44. The molecule has 0 spiro atoms. The van der Waals surface area contributed by atoms with Crippen LogP contribution in [0.4, 0.5) is 4.79 Å². The maximum atomic E-state index is 11.8. The van der Waals surface area contributed by atoms with Gasteiger partial charge in [-0.15, -0.1) is 0 Å². The van der Waals surface area contributed by atoms with E-state index in [0.29, 0.717) is 0 Å².